The van der Waals surface area contributed by atoms with E-state index in [1.165, 1.54) is 0 Å². The summed E-state index contributed by atoms with van der Waals surface area (Å²) in [5, 5.41) is 2.23. The second kappa shape index (κ2) is 10.5. The van der Waals surface area contributed by atoms with Crippen LogP contribution >= 0.6 is 56.9 Å². The number of ether oxygens (including phenoxy) is 1. The van der Waals surface area contributed by atoms with E-state index in [4.69, 9.17) is 11.2 Å². The maximum absolute atomic E-state index is 12.7. The molecule has 2 aromatic carbocycles. The number of aryl methyl sites for hydroxylation is 1. The van der Waals surface area contributed by atoms with Crippen LogP contribution < -0.4 is 10.1 Å². The molecule has 1 fully saturated rings. The number of hydrogen-bond donors (Lipinski definition) is 1. The summed E-state index contributed by atoms with van der Waals surface area (Å²) in [5.74, 6) is 2.18. The maximum atomic E-state index is 12.7. The lowest BCUT2D eigenvalue weighted by molar-refractivity contribution is -0.127. The smallest absolute Gasteiger partial charge is 0.294 e. The lowest BCUT2D eigenvalue weighted by atomic mass is 10.2. The molecule has 0 saturated carbocycles. The van der Waals surface area contributed by atoms with Gasteiger partial charge in [-0.2, -0.15) is 0 Å². The predicted molar refractivity (Wildman–Crippen MR) is 139 cm³/mol. The Hall–Kier alpha value is -2.04. The normalized spacial score (nSPS) is 14.6. The fourth-order valence-electron chi connectivity index (χ4n) is 2.77. The van der Waals surface area contributed by atoms with Crippen molar-refractivity contribution in [2.24, 2.45) is 0 Å². The van der Waals surface area contributed by atoms with Gasteiger partial charge in [0.25, 0.3) is 11.1 Å². The molecule has 1 heterocycles. The molecule has 0 spiro atoms. The molecule has 1 saturated heterocycles. The van der Waals surface area contributed by atoms with Gasteiger partial charge in [-0.25, -0.2) is 0 Å². The van der Waals surface area contributed by atoms with Crippen LogP contribution in [0.15, 0.2) is 41.3 Å². The number of rotatable bonds is 6. The van der Waals surface area contributed by atoms with E-state index in [1.54, 1.807) is 12.1 Å². The first-order chi connectivity index (χ1) is 14.8. The molecule has 1 aliphatic rings. The van der Waals surface area contributed by atoms with Crippen LogP contribution in [0.1, 0.15) is 11.1 Å². The zero-order valence-corrected chi connectivity index (χ0v) is 21.4. The first kappa shape index (κ1) is 23.6. The van der Waals surface area contributed by atoms with E-state index in [9.17, 15) is 14.4 Å². The van der Waals surface area contributed by atoms with Crippen molar-refractivity contribution in [2.45, 2.75) is 6.92 Å². The molecule has 3 rings (SSSR count). The zero-order chi connectivity index (χ0) is 22.5. The van der Waals surface area contributed by atoms with E-state index >= 15 is 0 Å². The Morgan fingerprint density at radius 1 is 1.26 bits per heavy atom. The van der Waals surface area contributed by atoms with E-state index in [-0.39, 0.29) is 18.1 Å². The molecular weight excluding hydrogens is 642 g/mol. The molecule has 0 aliphatic carbocycles. The number of thioether (sulfide) groups is 1. The summed E-state index contributed by atoms with van der Waals surface area (Å²) in [4.78, 5) is 38.6. The molecule has 0 bridgehead atoms. The average molecular weight is 658 g/mol. The summed E-state index contributed by atoms with van der Waals surface area (Å²) in [6, 6.07) is 11.0. The summed E-state index contributed by atoms with van der Waals surface area (Å²) >= 11 is 5.07. The van der Waals surface area contributed by atoms with Crippen molar-refractivity contribution < 1.29 is 19.1 Å². The van der Waals surface area contributed by atoms with Crippen molar-refractivity contribution in [3.63, 3.8) is 0 Å². The minimum absolute atomic E-state index is 0.162. The maximum Gasteiger partial charge on any atom is 0.294 e. The number of nitrogens with one attached hydrogen (secondary N) is 1. The van der Waals surface area contributed by atoms with Crippen LogP contribution in [0.25, 0.3) is 6.08 Å². The predicted octanol–water partition coefficient (Wildman–Crippen LogP) is 4.89. The van der Waals surface area contributed by atoms with Gasteiger partial charge in [0.05, 0.1) is 12.0 Å². The zero-order valence-electron chi connectivity index (χ0n) is 16.3. The number of terminal acetylenes is 1. The summed E-state index contributed by atoms with van der Waals surface area (Å²) < 4.78 is 7.22. The highest BCUT2D eigenvalue weighted by molar-refractivity contribution is 14.1. The lowest BCUT2D eigenvalue weighted by Gasteiger charge is -2.12. The van der Waals surface area contributed by atoms with Gasteiger partial charge in [0.2, 0.25) is 5.91 Å². The quantitative estimate of drug-likeness (QED) is 0.272. The van der Waals surface area contributed by atoms with Gasteiger partial charge < -0.3 is 10.1 Å². The third-order valence-corrected chi connectivity index (χ3v) is 6.61. The SMILES string of the molecule is C#CCOc1c(I)cc(/C=C2\SC(=O)N(CC(=O)Nc3cccc(C)c3)C2=O)cc1I. The van der Waals surface area contributed by atoms with Crippen LogP contribution in [0.4, 0.5) is 10.5 Å². The molecule has 0 aromatic heterocycles. The number of hydrogen-bond acceptors (Lipinski definition) is 5. The Kier molecular flexibility index (Phi) is 8.01. The topological polar surface area (TPSA) is 75.7 Å². The molecule has 6 nitrogen and oxygen atoms in total. The van der Waals surface area contributed by atoms with Gasteiger partial charge >= 0.3 is 0 Å². The number of benzene rings is 2. The first-order valence-electron chi connectivity index (χ1n) is 8.95. The number of anilines is 1. The van der Waals surface area contributed by atoms with E-state index in [2.05, 4.69) is 56.4 Å². The summed E-state index contributed by atoms with van der Waals surface area (Å²) in [5.41, 5.74) is 2.35. The van der Waals surface area contributed by atoms with Crippen molar-refractivity contribution in [1.29, 1.82) is 0 Å². The number of imide groups is 1. The second-order valence-corrected chi connectivity index (χ2v) is 9.81. The van der Waals surface area contributed by atoms with Gasteiger partial charge in [-0.3, -0.25) is 19.3 Å². The van der Waals surface area contributed by atoms with E-state index in [0.717, 1.165) is 34.9 Å². The highest BCUT2D eigenvalue weighted by Crippen LogP contribution is 2.34. The minimum atomic E-state index is -0.493. The summed E-state index contributed by atoms with van der Waals surface area (Å²) in [6.45, 7) is 1.73. The highest BCUT2D eigenvalue weighted by atomic mass is 127. The number of carbonyl (C=O) groups is 3. The molecule has 3 amide bonds. The summed E-state index contributed by atoms with van der Waals surface area (Å²) in [7, 11) is 0. The standard InChI is InChI=1S/C22H16I2N2O4S/c1-3-7-30-20-16(23)9-14(10-17(20)24)11-18-21(28)26(22(29)31-18)12-19(27)25-15-6-4-5-13(2)8-15/h1,4-6,8-11H,7,12H2,2H3,(H,25,27)/b18-11-. The molecule has 158 valence electrons. The van der Waals surface area contributed by atoms with Gasteiger partial charge in [0, 0.05) is 5.69 Å². The fraction of sp³-hybridized carbons (Fsp3) is 0.136. The molecular formula is C22H16I2N2O4S. The summed E-state index contributed by atoms with van der Waals surface area (Å²) in [6.07, 6.45) is 6.88. The molecule has 31 heavy (non-hydrogen) atoms. The Bertz CT molecular complexity index is 1120. The van der Waals surface area contributed by atoms with Crippen molar-refractivity contribution in [2.75, 3.05) is 18.5 Å². The van der Waals surface area contributed by atoms with E-state index in [0.29, 0.717) is 11.4 Å². The van der Waals surface area contributed by atoms with Gasteiger partial charge in [0.1, 0.15) is 18.9 Å². The monoisotopic (exact) mass is 658 g/mol. The van der Waals surface area contributed by atoms with Crippen LogP contribution in [-0.4, -0.2) is 35.1 Å². The van der Waals surface area contributed by atoms with Crippen LogP contribution in [0.2, 0.25) is 0 Å². The van der Waals surface area contributed by atoms with Crippen molar-refractivity contribution in [1.82, 2.24) is 4.90 Å². The molecule has 1 aliphatic heterocycles. The third-order valence-electron chi connectivity index (χ3n) is 4.10. The Labute approximate surface area is 211 Å². The fourth-order valence-corrected chi connectivity index (χ4v) is 5.74. The Balaban J connectivity index is 1.73. The van der Waals surface area contributed by atoms with Gasteiger partial charge in [-0.1, -0.05) is 18.1 Å². The molecule has 1 N–H and O–H groups in total. The van der Waals surface area contributed by atoms with Gasteiger partial charge in [0.15, 0.2) is 0 Å². The van der Waals surface area contributed by atoms with Gasteiger partial charge in [-0.05, 0) is 105 Å². The number of halogens is 2. The van der Waals surface area contributed by atoms with Crippen molar-refractivity contribution in [3.05, 3.63) is 59.6 Å². The van der Waals surface area contributed by atoms with E-state index in [1.807, 2.05) is 37.3 Å². The van der Waals surface area contributed by atoms with Crippen LogP contribution in [0, 0.1) is 26.4 Å². The second-order valence-electron chi connectivity index (χ2n) is 6.49. The average Bonchev–Trinajstić information content (AvgIpc) is 2.95. The molecule has 0 atom stereocenters. The lowest BCUT2D eigenvalue weighted by Crippen LogP contribution is -2.36. The van der Waals surface area contributed by atoms with Crippen LogP contribution in [0.5, 0.6) is 5.75 Å². The molecule has 2 aromatic rings. The third kappa shape index (κ3) is 6.02. The van der Waals surface area contributed by atoms with E-state index < -0.39 is 17.1 Å². The first-order valence-corrected chi connectivity index (χ1v) is 11.9. The largest absolute Gasteiger partial charge is 0.479 e. The Morgan fingerprint density at radius 3 is 2.61 bits per heavy atom. The Morgan fingerprint density at radius 2 is 1.97 bits per heavy atom. The van der Waals surface area contributed by atoms with Crippen molar-refractivity contribution in [3.8, 4) is 18.1 Å². The molecule has 0 unspecified atom stereocenters. The number of nitrogens with zero attached hydrogens (tertiary/aromatic N) is 1. The van der Waals surface area contributed by atoms with Crippen molar-refractivity contribution >= 4 is 85.8 Å². The molecule has 9 heteroatoms. The number of amides is 3. The van der Waals surface area contributed by atoms with Crippen LogP contribution in [0.3, 0.4) is 0 Å². The number of carbonyl (C=O) groups excluding carboxylic acids is 3. The minimum Gasteiger partial charge on any atom is -0.479 e. The molecule has 0 radical (unpaired) electrons. The highest BCUT2D eigenvalue weighted by Gasteiger charge is 2.36. The van der Waals surface area contributed by atoms with Crippen LogP contribution in [-0.2, 0) is 9.59 Å². The van der Waals surface area contributed by atoms with Gasteiger partial charge in [-0.15, -0.1) is 6.42 Å².